The second-order valence-corrected chi connectivity index (χ2v) is 37.1. The number of methoxy groups -OCH3 is 2. The van der Waals surface area contributed by atoms with Crippen LogP contribution in [0.4, 0.5) is 101 Å². The first-order valence-corrected chi connectivity index (χ1v) is 48.2. The van der Waals surface area contributed by atoms with Crippen molar-refractivity contribution in [3.05, 3.63) is 240 Å². The van der Waals surface area contributed by atoms with Crippen molar-refractivity contribution < 1.29 is 108 Å². The third-order valence-electron chi connectivity index (χ3n) is 19.0. The molecular formula is C89H100ClF3N20O21S5. The van der Waals surface area contributed by atoms with Crippen LogP contribution >= 0.6 is 11.6 Å². The summed E-state index contributed by atoms with van der Waals surface area (Å²) in [6.07, 6.45) is -2.19. The number of anilines is 8. The molecule has 0 bridgehead atoms. The Kier molecular flexibility index (Phi) is 42.9. The number of nitrogens with zero attached hydrogens (tertiary/aromatic N) is 4. The van der Waals surface area contributed by atoms with E-state index in [4.69, 9.17) is 80.9 Å². The van der Waals surface area contributed by atoms with E-state index in [2.05, 4.69) is 100 Å². The molecule has 11 amide bonds. The minimum absolute atomic E-state index is 0.00541. The fraction of sp³-hybridized carbons (Fsp3) is 0.270. The monoisotopic (exact) mass is 2040 g/mol. The number of aryl methyl sites for hydroxylation is 6. The molecule has 9 aromatic carbocycles. The maximum atomic E-state index is 13.4. The van der Waals surface area contributed by atoms with Gasteiger partial charge in [0.25, 0.3) is 5.91 Å². The van der Waals surface area contributed by atoms with Crippen molar-refractivity contribution in [1.82, 2.24) is 31.7 Å². The fourth-order valence-corrected chi connectivity index (χ4v) is 15.6. The third-order valence-corrected chi connectivity index (χ3v) is 24.3. The van der Waals surface area contributed by atoms with E-state index in [9.17, 15) is 76.2 Å². The minimum atomic E-state index is -5.03. The number of benzene rings is 9. The molecule has 5 unspecified atom stereocenters. The largest absolute Gasteiger partial charge is 0.495 e. The van der Waals surface area contributed by atoms with Crippen molar-refractivity contribution in [2.75, 3.05) is 104 Å². The molecular weight excluding hydrogens is 1940 g/mol. The molecule has 0 aliphatic carbocycles. The molecule has 41 nitrogen and oxygen atoms in total. The van der Waals surface area contributed by atoms with Gasteiger partial charge in [-0.3, -0.25) is 85.5 Å². The Balaban J connectivity index is 0.000000289. The molecule has 0 saturated heterocycles. The average molecular weight is 2040 g/mol. The van der Waals surface area contributed by atoms with Crippen LogP contribution in [0.2, 0.25) is 5.02 Å². The van der Waals surface area contributed by atoms with Gasteiger partial charge in [-0.15, -0.1) is 0 Å². The van der Waals surface area contributed by atoms with Gasteiger partial charge in [0.05, 0.1) is 136 Å². The molecule has 18 N–H and O–H groups in total. The SMILES string of the molecule is CNS(=O)(=O)c1ccc(OC)c(NC(=O)NNc2cc(C(N)=O)c(C(N)=O)cc2S(=O)OC)c1.COc1cc(C)ccc1NC(=O)NNc1cc(C(F)(F)F)c(S(C)(=O)=O)cc1OS(C)=O.[C-]#[N+]c1cc(C)c(NNC(=O)NCCCOc2ccc(C)cc2C)cc1[N+]#[C-].[C-]#[N+]c1cc(NNC(=O)Nc2cc(NC(=O)C(CC)Oc3ccc(C)cc3C)ccc2Cl)c(S(=O)OCC(C)CC)cc1[N+]#[C-]. The standard InChI is InChI=1S/C32H35ClN6O5S.C21H23N5O2.C18H20F3N3O6S2.C18H22N6O8S2/c1-8-19(3)18-43-45(42)30-17-26(35-7)25(34-6)16-27(30)38-39-32(41)37-24-15-22(11-12-23(24)33)36-31(40)28(9-2)44-29-13-10-20(4)14-21(29)5;1-14-7-8-20(16(3)11-14)28-10-6-9-24-21(27)26-25-17-13-19(23-5)18(22-4)12-15(17)2;1-10-5-6-12(14(7-10)29-2)22-17(25)24-23-13-8-11(18(19,20)21)16(32(4,27)28)9-15(13)30-31(3)26;1-21-34(29,30)9-4-5-14(31-2)12(6-9)22-18(27)24-23-13-7-10(16(19)25)11(17(20)26)8-15(13)33(28)32-3/h10-17,19,28,38H,8-9,18H2,1-5H3,(H,36,40)(H2,37,39,41);7-8,11-13,25H,6,9-10H2,1-3H3,(H2,24,26,27);5-9,23H,1-4H3,(H2,22,24,25);4-8,21,23H,1-3H3,(H2,19,25)(H2,20,26)(H2,22,24,27). The van der Waals surface area contributed by atoms with E-state index >= 15 is 0 Å². The number of alkyl halides is 3. The second-order valence-electron chi connectivity index (χ2n) is 29.4. The minimum Gasteiger partial charge on any atom is -0.495 e. The molecule has 740 valence electrons. The summed E-state index contributed by atoms with van der Waals surface area (Å²) in [5.41, 5.74) is 35.3. The van der Waals surface area contributed by atoms with Gasteiger partial charge in [0.2, 0.25) is 32.9 Å². The smallest absolute Gasteiger partial charge is 0.417 e. The number of nitrogens with two attached hydrogens (primary N) is 2. The molecule has 0 fully saturated rings. The number of amides is 11. The Hall–Kier alpha value is -15.1. The van der Waals surface area contributed by atoms with Gasteiger partial charge in [-0.05, 0) is 187 Å². The molecule has 50 heteroatoms. The molecule has 0 aliphatic rings. The number of carbonyl (C=O) groups excluding carboxylic acids is 7. The van der Waals surface area contributed by atoms with Crippen LogP contribution in [0.1, 0.15) is 99.7 Å². The van der Waals surface area contributed by atoms with Crippen LogP contribution in [0.5, 0.6) is 28.7 Å². The van der Waals surface area contributed by atoms with Gasteiger partial charge in [-0.2, -0.15) is 13.2 Å². The first kappa shape index (κ1) is 113. The summed E-state index contributed by atoms with van der Waals surface area (Å²) < 4.78 is 164. The Morgan fingerprint density at radius 3 is 1.55 bits per heavy atom. The van der Waals surface area contributed by atoms with Crippen LogP contribution in [0, 0.1) is 73.7 Å². The third kappa shape index (κ3) is 34.0. The lowest BCUT2D eigenvalue weighted by atomic mass is 10.1. The van der Waals surface area contributed by atoms with Gasteiger partial charge in [-0.25, -0.2) is 53.4 Å². The molecule has 5 atom stereocenters. The van der Waals surface area contributed by atoms with Crippen molar-refractivity contribution in [1.29, 1.82) is 0 Å². The van der Waals surface area contributed by atoms with E-state index < -0.39 is 117 Å². The second kappa shape index (κ2) is 52.9. The number of sulfone groups is 1. The van der Waals surface area contributed by atoms with Crippen LogP contribution in [-0.2, 0) is 72.4 Å². The Labute approximate surface area is 812 Å². The van der Waals surface area contributed by atoms with E-state index in [-0.39, 0.29) is 107 Å². The van der Waals surface area contributed by atoms with E-state index in [1.54, 1.807) is 43.3 Å². The molecule has 9 rings (SSSR count). The molecule has 0 aliphatic heterocycles. The van der Waals surface area contributed by atoms with Crippen molar-refractivity contribution in [2.24, 2.45) is 17.4 Å². The van der Waals surface area contributed by atoms with Crippen LogP contribution < -0.4 is 109 Å². The van der Waals surface area contributed by atoms with E-state index in [0.717, 1.165) is 65.5 Å². The quantitative estimate of drug-likeness (QED) is 0.00977. The highest BCUT2D eigenvalue weighted by Crippen LogP contribution is 2.42. The summed E-state index contributed by atoms with van der Waals surface area (Å²) in [6.45, 7) is 47.5. The predicted molar refractivity (Wildman–Crippen MR) is 522 cm³/mol. The summed E-state index contributed by atoms with van der Waals surface area (Å²) in [5.74, 6) is -0.709. The topological polar surface area (TPSA) is 541 Å². The number of hydrazine groups is 4. The lowest BCUT2D eigenvalue weighted by Gasteiger charge is -2.19. The fourth-order valence-electron chi connectivity index (χ4n) is 11.7. The molecule has 0 heterocycles. The Morgan fingerprint density at radius 2 is 1.02 bits per heavy atom. The molecule has 0 radical (unpaired) electrons. The average Bonchev–Trinajstić information content (AvgIpc) is 0.793. The van der Waals surface area contributed by atoms with E-state index in [1.807, 2.05) is 85.7 Å². The van der Waals surface area contributed by atoms with Crippen LogP contribution in [0.3, 0.4) is 0 Å². The van der Waals surface area contributed by atoms with Crippen molar-refractivity contribution in [3.63, 3.8) is 0 Å². The van der Waals surface area contributed by atoms with Crippen LogP contribution in [0.15, 0.2) is 159 Å². The number of carbonyl (C=O) groups is 7. The highest BCUT2D eigenvalue weighted by Gasteiger charge is 2.38. The first-order valence-electron chi connectivity index (χ1n) is 40.8. The van der Waals surface area contributed by atoms with Crippen molar-refractivity contribution >= 4 is 175 Å². The number of urea groups is 4. The number of hydrogen-bond donors (Lipinski definition) is 16. The van der Waals surface area contributed by atoms with Crippen molar-refractivity contribution in [3.8, 4) is 28.7 Å². The highest BCUT2D eigenvalue weighted by atomic mass is 35.5. The zero-order chi connectivity index (χ0) is 104. The van der Waals surface area contributed by atoms with Crippen LogP contribution in [0.25, 0.3) is 19.4 Å². The zero-order valence-electron chi connectivity index (χ0n) is 77.2. The number of halogens is 4. The number of nitrogens with one attached hydrogen (secondary N) is 14. The van der Waals surface area contributed by atoms with Crippen LogP contribution in [-0.4, -0.2) is 138 Å². The van der Waals surface area contributed by atoms with Gasteiger partial charge in [0.15, 0.2) is 66.6 Å². The first-order chi connectivity index (χ1) is 65.6. The lowest BCUT2D eigenvalue weighted by Crippen LogP contribution is -2.39. The van der Waals surface area contributed by atoms with E-state index in [0.29, 0.717) is 72.9 Å². The molecule has 0 saturated carbocycles. The predicted octanol–water partition coefficient (Wildman–Crippen LogP) is 15.8. The van der Waals surface area contributed by atoms with Gasteiger partial charge in [-0.1, -0.05) is 86.3 Å². The Morgan fingerprint density at radius 1 is 0.518 bits per heavy atom. The van der Waals surface area contributed by atoms with Gasteiger partial charge in [0, 0.05) is 36.5 Å². The molecule has 139 heavy (non-hydrogen) atoms. The lowest BCUT2D eigenvalue weighted by molar-refractivity contribution is -0.139. The number of primary amides is 2. The summed E-state index contributed by atoms with van der Waals surface area (Å²) >= 11 is 0.225. The summed E-state index contributed by atoms with van der Waals surface area (Å²) in [5, 5.41) is 13.2. The Bertz CT molecular complexity index is 6580. The summed E-state index contributed by atoms with van der Waals surface area (Å²) in [7, 11) is -3.04. The number of sulfonamides is 1. The summed E-state index contributed by atoms with van der Waals surface area (Å²) in [4.78, 5) is 97.9. The zero-order valence-corrected chi connectivity index (χ0v) is 82.1. The number of ether oxygens (including phenoxy) is 4. The number of rotatable bonds is 37. The molecule has 0 spiro atoms. The van der Waals surface area contributed by atoms with Crippen molar-refractivity contribution in [2.45, 2.75) is 113 Å². The van der Waals surface area contributed by atoms with Gasteiger partial charge < -0.3 is 61.2 Å². The maximum Gasteiger partial charge on any atom is 0.417 e. The summed E-state index contributed by atoms with van der Waals surface area (Å²) in [6, 6.07) is 31.1. The normalized spacial score (nSPS) is 11.8. The van der Waals surface area contributed by atoms with Gasteiger partial charge >= 0.3 is 30.3 Å². The number of hydrogen-bond acceptors (Lipinski definition) is 25. The van der Waals surface area contributed by atoms with Gasteiger partial charge in [0.1, 0.15) is 23.0 Å². The maximum absolute atomic E-state index is 13.4. The highest BCUT2D eigenvalue weighted by molar-refractivity contribution is 7.90. The molecule has 9 aromatic rings. The van der Waals surface area contributed by atoms with E-state index in [1.165, 1.54) is 69.3 Å². The molecule has 0 aromatic heterocycles.